The van der Waals surface area contributed by atoms with E-state index < -0.39 is 0 Å². The third kappa shape index (κ3) is 1.80. The number of hydrogen-bond acceptors (Lipinski definition) is 4. The van der Waals surface area contributed by atoms with Gasteiger partial charge in [-0.2, -0.15) is 0 Å². The molecule has 0 aliphatic carbocycles. The molecule has 1 unspecified atom stereocenters. The van der Waals surface area contributed by atoms with Gasteiger partial charge in [-0.1, -0.05) is 6.92 Å². The van der Waals surface area contributed by atoms with E-state index in [2.05, 4.69) is 21.9 Å². The summed E-state index contributed by atoms with van der Waals surface area (Å²) in [7, 11) is 0. The Labute approximate surface area is 86.9 Å². The number of thiazole rings is 1. The Kier molecular flexibility index (Phi) is 2.54. The standard InChI is InChI=1S/C10H11N3S/c1-7(9-5-11-3-4-12-9)10-6-13-8(2)14-10/h3-7H,1-2H3. The lowest BCUT2D eigenvalue weighted by molar-refractivity contribution is 0.872. The lowest BCUT2D eigenvalue weighted by Crippen LogP contribution is -1.96. The van der Waals surface area contributed by atoms with Crippen molar-refractivity contribution in [1.29, 1.82) is 0 Å². The molecule has 2 aromatic heterocycles. The number of hydrogen-bond donors (Lipinski definition) is 0. The van der Waals surface area contributed by atoms with Gasteiger partial charge in [-0.05, 0) is 6.92 Å². The van der Waals surface area contributed by atoms with Crippen molar-refractivity contribution in [1.82, 2.24) is 15.0 Å². The van der Waals surface area contributed by atoms with Gasteiger partial charge in [0.25, 0.3) is 0 Å². The van der Waals surface area contributed by atoms with Crippen LogP contribution in [-0.4, -0.2) is 15.0 Å². The normalized spacial score (nSPS) is 12.7. The van der Waals surface area contributed by atoms with E-state index >= 15 is 0 Å². The first-order valence-electron chi connectivity index (χ1n) is 4.45. The first-order chi connectivity index (χ1) is 6.77. The van der Waals surface area contributed by atoms with Gasteiger partial charge in [0.15, 0.2) is 0 Å². The van der Waals surface area contributed by atoms with Crippen molar-refractivity contribution in [3.63, 3.8) is 0 Å². The van der Waals surface area contributed by atoms with Gasteiger partial charge in [0.2, 0.25) is 0 Å². The SMILES string of the molecule is Cc1ncc(C(C)c2cnccn2)s1. The highest BCUT2D eigenvalue weighted by atomic mass is 32.1. The lowest BCUT2D eigenvalue weighted by Gasteiger charge is -2.06. The van der Waals surface area contributed by atoms with Gasteiger partial charge < -0.3 is 0 Å². The van der Waals surface area contributed by atoms with Gasteiger partial charge in [-0.3, -0.25) is 9.97 Å². The maximum atomic E-state index is 4.28. The molecule has 0 aliphatic rings. The van der Waals surface area contributed by atoms with Crippen LogP contribution in [0.3, 0.4) is 0 Å². The minimum absolute atomic E-state index is 0.287. The highest BCUT2D eigenvalue weighted by molar-refractivity contribution is 7.11. The van der Waals surface area contributed by atoms with E-state index in [1.807, 2.05) is 13.1 Å². The second-order valence-electron chi connectivity index (χ2n) is 3.13. The summed E-state index contributed by atoms with van der Waals surface area (Å²) in [6.07, 6.45) is 7.13. The summed E-state index contributed by atoms with van der Waals surface area (Å²) in [4.78, 5) is 13.8. The minimum atomic E-state index is 0.287. The molecule has 3 nitrogen and oxygen atoms in total. The Morgan fingerprint density at radius 2 is 2.07 bits per heavy atom. The average Bonchev–Trinajstić information content (AvgIpc) is 2.65. The minimum Gasteiger partial charge on any atom is -0.261 e. The Balaban J connectivity index is 2.29. The van der Waals surface area contributed by atoms with Crippen LogP contribution in [0.4, 0.5) is 0 Å². The second-order valence-corrected chi connectivity index (χ2v) is 4.40. The van der Waals surface area contributed by atoms with Crippen molar-refractivity contribution in [3.05, 3.63) is 40.4 Å². The molecule has 14 heavy (non-hydrogen) atoms. The molecule has 0 saturated heterocycles. The zero-order valence-electron chi connectivity index (χ0n) is 8.14. The molecule has 0 fully saturated rings. The van der Waals surface area contributed by atoms with Crippen molar-refractivity contribution in [2.24, 2.45) is 0 Å². The summed E-state index contributed by atoms with van der Waals surface area (Å²) in [6.45, 7) is 4.13. The molecule has 72 valence electrons. The van der Waals surface area contributed by atoms with Gasteiger partial charge >= 0.3 is 0 Å². The Hall–Kier alpha value is -1.29. The number of aromatic nitrogens is 3. The van der Waals surface area contributed by atoms with Crippen LogP contribution in [0.5, 0.6) is 0 Å². The average molecular weight is 205 g/mol. The number of aryl methyl sites for hydroxylation is 1. The highest BCUT2D eigenvalue weighted by Crippen LogP contribution is 2.26. The van der Waals surface area contributed by atoms with Gasteiger partial charge in [0.05, 0.1) is 10.7 Å². The first kappa shape index (κ1) is 9.27. The molecule has 1 atom stereocenters. The zero-order valence-corrected chi connectivity index (χ0v) is 8.95. The van der Waals surface area contributed by atoms with Crippen LogP contribution in [0.1, 0.15) is 28.4 Å². The Bertz CT molecular complexity index is 410. The molecule has 0 N–H and O–H groups in total. The fourth-order valence-corrected chi connectivity index (χ4v) is 2.11. The van der Waals surface area contributed by atoms with Crippen LogP contribution >= 0.6 is 11.3 Å². The third-order valence-corrected chi connectivity index (χ3v) is 3.19. The van der Waals surface area contributed by atoms with Gasteiger partial charge in [-0.25, -0.2) is 4.98 Å². The summed E-state index contributed by atoms with van der Waals surface area (Å²) < 4.78 is 0. The van der Waals surface area contributed by atoms with E-state index in [1.165, 1.54) is 4.88 Å². The van der Waals surface area contributed by atoms with E-state index in [0.29, 0.717) is 0 Å². The van der Waals surface area contributed by atoms with Crippen LogP contribution in [0, 0.1) is 6.92 Å². The summed E-state index contributed by atoms with van der Waals surface area (Å²) in [5.74, 6) is 0.287. The molecular weight excluding hydrogens is 194 g/mol. The van der Waals surface area contributed by atoms with Gasteiger partial charge in [0.1, 0.15) is 0 Å². The lowest BCUT2D eigenvalue weighted by atomic mass is 10.1. The number of rotatable bonds is 2. The summed E-state index contributed by atoms with van der Waals surface area (Å²) in [6, 6.07) is 0. The van der Waals surface area contributed by atoms with Gasteiger partial charge in [-0.15, -0.1) is 11.3 Å². The maximum Gasteiger partial charge on any atom is 0.0896 e. The molecule has 2 heterocycles. The van der Waals surface area contributed by atoms with Crippen molar-refractivity contribution in [3.8, 4) is 0 Å². The molecule has 2 rings (SSSR count). The smallest absolute Gasteiger partial charge is 0.0896 e. The number of nitrogens with zero attached hydrogens (tertiary/aromatic N) is 3. The Morgan fingerprint density at radius 3 is 2.64 bits per heavy atom. The van der Waals surface area contributed by atoms with Crippen molar-refractivity contribution in [2.45, 2.75) is 19.8 Å². The van der Waals surface area contributed by atoms with E-state index in [1.54, 1.807) is 29.9 Å². The largest absolute Gasteiger partial charge is 0.261 e. The van der Waals surface area contributed by atoms with Crippen molar-refractivity contribution in [2.75, 3.05) is 0 Å². The maximum absolute atomic E-state index is 4.28. The highest BCUT2D eigenvalue weighted by Gasteiger charge is 2.11. The van der Waals surface area contributed by atoms with E-state index in [-0.39, 0.29) is 5.92 Å². The summed E-state index contributed by atoms with van der Waals surface area (Å²) >= 11 is 1.71. The second kappa shape index (κ2) is 3.84. The fourth-order valence-electron chi connectivity index (χ4n) is 1.26. The molecule has 0 bridgehead atoms. The quantitative estimate of drug-likeness (QED) is 0.755. The van der Waals surface area contributed by atoms with Crippen molar-refractivity contribution < 1.29 is 0 Å². The van der Waals surface area contributed by atoms with E-state index in [9.17, 15) is 0 Å². The van der Waals surface area contributed by atoms with E-state index in [0.717, 1.165) is 10.7 Å². The molecule has 2 aromatic rings. The van der Waals surface area contributed by atoms with E-state index in [4.69, 9.17) is 0 Å². The molecule has 0 aromatic carbocycles. The Morgan fingerprint density at radius 1 is 1.21 bits per heavy atom. The first-order valence-corrected chi connectivity index (χ1v) is 5.27. The molecule has 4 heteroatoms. The molecule has 0 amide bonds. The fraction of sp³-hybridized carbons (Fsp3) is 0.300. The van der Waals surface area contributed by atoms with Crippen molar-refractivity contribution >= 4 is 11.3 Å². The van der Waals surface area contributed by atoms with Crippen LogP contribution in [-0.2, 0) is 0 Å². The molecule has 0 saturated carbocycles. The van der Waals surface area contributed by atoms with Crippen LogP contribution < -0.4 is 0 Å². The van der Waals surface area contributed by atoms with Crippen LogP contribution in [0.25, 0.3) is 0 Å². The third-order valence-electron chi connectivity index (χ3n) is 2.09. The predicted molar refractivity (Wildman–Crippen MR) is 56.4 cm³/mol. The summed E-state index contributed by atoms with van der Waals surface area (Å²) in [5, 5.41) is 1.09. The molecule has 0 spiro atoms. The predicted octanol–water partition coefficient (Wildman–Crippen LogP) is 2.39. The van der Waals surface area contributed by atoms with Gasteiger partial charge in [0, 0.05) is 35.6 Å². The topological polar surface area (TPSA) is 38.7 Å². The zero-order chi connectivity index (χ0) is 9.97. The van der Waals surface area contributed by atoms with Crippen LogP contribution in [0.2, 0.25) is 0 Å². The monoisotopic (exact) mass is 205 g/mol. The van der Waals surface area contributed by atoms with Crippen LogP contribution in [0.15, 0.2) is 24.8 Å². The summed E-state index contributed by atoms with van der Waals surface area (Å²) in [5.41, 5.74) is 0.996. The molecule has 0 aliphatic heterocycles. The molecule has 0 radical (unpaired) electrons. The molecular formula is C10H11N3S.